The first-order chi connectivity index (χ1) is 11.7. The molecule has 0 aliphatic carbocycles. The quantitative estimate of drug-likeness (QED) is 0.685. The van der Waals surface area contributed by atoms with Gasteiger partial charge in [0.15, 0.2) is 0 Å². The molecule has 2 aromatic carbocycles. The van der Waals surface area contributed by atoms with Gasteiger partial charge < -0.3 is 4.74 Å². The third kappa shape index (κ3) is 3.75. The highest BCUT2D eigenvalue weighted by atomic mass is 35.5. The van der Waals surface area contributed by atoms with E-state index < -0.39 is 0 Å². The molecule has 0 amide bonds. The second-order valence-electron chi connectivity index (χ2n) is 5.02. The number of rotatable bonds is 5. The lowest BCUT2D eigenvalue weighted by Crippen LogP contribution is -1.96. The summed E-state index contributed by atoms with van der Waals surface area (Å²) in [4.78, 5) is 3.97. The molecule has 0 fully saturated rings. The smallest absolute Gasteiger partial charge is 0.138 e. The van der Waals surface area contributed by atoms with E-state index in [0.717, 1.165) is 16.8 Å². The SMILES string of the molecule is C/N=C/c1[nH]nnc1-c1ccc(OCc2ccc(Cl)cc2)c(Cl)c1. The zero-order chi connectivity index (χ0) is 16.9. The molecule has 0 aliphatic heterocycles. The van der Waals surface area contributed by atoms with Crippen LogP contribution in [0.3, 0.4) is 0 Å². The summed E-state index contributed by atoms with van der Waals surface area (Å²) in [5.41, 5.74) is 3.26. The van der Waals surface area contributed by atoms with E-state index in [1.165, 1.54) is 0 Å². The molecule has 0 bridgehead atoms. The summed E-state index contributed by atoms with van der Waals surface area (Å²) in [6.07, 6.45) is 1.66. The molecular formula is C17H14Cl2N4O. The Kier molecular flexibility index (Phi) is 5.13. The van der Waals surface area contributed by atoms with Crippen LogP contribution in [0.4, 0.5) is 0 Å². The van der Waals surface area contributed by atoms with E-state index in [1.54, 1.807) is 19.3 Å². The van der Waals surface area contributed by atoms with E-state index in [-0.39, 0.29) is 0 Å². The van der Waals surface area contributed by atoms with Gasteiger partial charge >= 0.3 is 0 Å². The second-order valence-corrected chi connectivity index (χ2v) is 5.87. The highest BCUT2D eigenvalue weighted by molar-refractivity contribution is 6.32. The van der Waals surface area contributed by atoms with Gasteiger partial charge in [0.2, 0.25) is 0 Å². The zero-order valence-corrected chi connectivity index (χ0v) is 14.3. The van der Waals surface area contributed by atoms with Crippen molar-refractivity contribution in [1.29, 1.82) is 0 Å². The number of H-pyrrole nitrogens is 1. The fourth-order valence-corrected chi connectivity index (χ4v) is 2.54. The van der Waals surface area contributed by atoms with Crippen molar-refractivity contribution >= 4 is 29.4 Å². The summed E-state index contributed by atoms with van der Waals surface area (Å²) in [5.74, 6) is 0.601. The Hall–Kier alpha value is -2.37. The van der Waals surface area contributed by atoms with Gasteiger partial charge in [-0.25, -0.2) is 0 Å². The third-order valence-electron chi connectivity index (χ3n) is 3.35. The molecule has 0 unspecified atom stereocenters. The molecule has 5 nitrogen and oxygen atoms in total. The maximum Gasteiger partial charge on any atom is 0.138 e. The molecule has 24 heavy (non-hydrogen) atoms. The highest BCUT2D eigenvalue weighted by Crippen LogP contribution is 2.30. The third-order valence-corrected chi connectivity index (χ3v) is 3.89. The summed E-state index contributed by atoms with van der Waals surface area (Å²) in [6.45, 7) is 0.411. The Morgan fingerprint density at radius 3 is 2.67 bits per heavy atom. The number of aromatic nitrogens is 3. The van der Waals surface area contributed by atoms with Crippen LogP contribution in [0.5, 0.6) is 5.75 Å². The standard InChI is InChI=1S/C17H14Cl2N4O/c1-20-9-15-17(22-23-21-15)12-4-7-16(14(19)8-12)24-10-11-2-5-13(18)6-3-11/h2-9H,10H2,1H3,(H,21,22,23)/b20-9+. The van der Waals surface area contributed by atoms with Gasteiger partial charge in [0.1, 0.15) is 23.7 Å². The fraction of sp³-hybridized carbons (Fsp3) is 0.118. The molecule has 0 saturated heterocycles. The topological polar surface area (TPSA) is 63.2 Å². The van der Waals surface area contributed by atoms with Gasteiger partial charge in [0, 0.05) is 23.8 Å². The number of benzene rings is 2. The van der Waals surface area contributed by atoms with E-state index in [4.69, 9.17) is 27.9 Å². The van der Waals surface area contributed by atoms with Gasteiger partial charge in [-0.3, -0.25) is 10.1 Å². The van der Waals surface area contributed by atoms with E-state index >= 15 is 0 Å². The van der Waals surface area contributed by atoms with Crippen LogP contribution in [0.25, 0.3) is 11.3 Å². The first kappa shape index (κ1) is 16.5. The van der Waals surface area contributed by atoms with Crippen LogP contribution in [0, 0.1) is 0 Å². The number of ether oxygens (including phenoxy) is 1. The zero-order valence-electron chi connectivity index (χ0n) is 12.8. The van der Waals surface area contributed by atoms with Crippen molar-refractivity contribution in [3.05, 3.63) is 63.8 Å². The first-order valence-electron chi connectivity index (χ1n) is 7.18. The number of hydrogen-bond acceptors (Lipinski definition) is 4. The van der Waals surface area contributed by atoms with Gasteiger partial charge in [-0.1, -0.05) is 40.5 Å². The minimum Gasteiger partial charge on any atom is -0.487 e. The van der Waals surface area contributed by atoms with Gasteiger partial charge in [-0.15, -0.1) is 5.10 Å². The van der Waals surface area contributed by atoms with Crippen LogP contribution in [0.15, 0.2) is 47.5 Å². The summed E-state index contributed by atoms with van der Waals surface area (Å²) < 4.78 is 5.77. The predicted molar refractivity (Wildman–Crippen MR) is 96.1 cm³/mol. The maximum atomic E-state index is 6.33. The van der Waals surface area contributed by atoms with Crippen molar-refractivity contribution in [3.8, 4) is 17.0 Å². The lowest BCUT2D eigenvalue weighted by atomic mass is 10.1. The van der Waals surface area contributed by atoms with Crippen LogP contribution >= 0.6 is 23.2 Å². The Balaban J connectivity index is 1.77. The van der Waals surface area contributed by atoms with Crippen molar-refractivity contribution in [2.45, 2.75) is 6.61 Å². The fourth-order valence-electron chi connectivity index (χ4n) is 2.17. The molecule has 1 aromatic heterocycles. The molecule has 7 heteroatoms. The van der Waals surface area contributed by atoms with Crippen molar-refractivity contribution in [2.24, 2.45) is 4.99 Å². The summed E-state index contributed by atoms with van der Waals surface area (Å²) in [7, 11) is 1.69. The lowest BCUT2D eigenvalue weighted by Gasteiger charge is -2.09. The van der Waals surface area contributed by atoms with Crippen molar-refractivity contribution in [2.75, 3.05) is 7.05 Å². The minimum atomic E-state index is 0.411. The van der Waals surface area contributed by atoms with Gasteiger partial charge in [-0.05, 0) is 35.9 Å². The summed E-state index contributed by atoms with van der Waals surface area (Å²) >= 11 is 12.2. The molecule has 1 heterocycles. The molecule has 0 aliphatic rings. The molecular weight excluding hydrogens is 347 g/mol. The number of nitrogens with one attached hydrogen (secondary N) is 1. The average molecular weight is 361 g/mol. The van der Waals surface area contributed by atoms with Gasteiger partial charge in [-0.2, -0.15) is 0 Å². The lowest BCUT2D eigenvalue weighted by molar-refractivity contribution is 0.306. The molecule has 0 saturated carbocycles. The van der Waals surface area contributed by atoms with Crippen LogP contribution in [0.1, 0.15) is 11.3 Å². The van der Waals surface area contributed by atoms with Crippen molar-refractivity contribution < 1.29 is 4.74 Å². The van der Waals surface area contributed by atoms with Gasteiger partial charge in [0.05, 0.1) is 5.02 Å². The van der Waals surface area contributed by atoms with E-state index in [1.807, 2.05) is 36.4 Å². The van der Waals surface area contributed by atoms with Crippen molar-refractivity contribution in [1.82, 2.24) is 15.4 Å². The Labute approximate surface area is 149 Å². The summed E-state index contributed by atoms with van der Waals surface area (Å²) in [6, 6.07) is 13.0. The Bertz CT molecular complexity index is 859. The molecule has 3 aromatic rings. The van der Waals surface area contributed by atoms with Gasteiger partial charge in [0.25, 0.3) is 0 Å². The molecule has 0 atom stereocenters. The highest BCUT2D eigenvalue weighted by Gasteiger charge is 2.11. The van der Waals surface area contributed by atoms with E-state index in [0.29, 0.717) is 28.1 Å². The number of aromatic amines is 1. The number of aliphatic imine (C=N–C) groups is 1. The monoisotopic (exact) mass is 360 g/mol. The molecule has 0 spiro atoms. The van der Waals surface area contributed by atoms with Crippen LogP contribution in [-0.4, -0.2) is 28.7 Å². The number of hydrogen-bond donors (Lipinski definition) is 1. The minimum absolute atomic E-state index is 0.411. The molecule has 1 N–H and O–H groups in total. The Morgan fingerprint density at radius 2 is 1.96 bits per heavy atom. The summed E-state index contributed by atoms with van der Waals surface area (Å²) in [5, 5.41) is 11.9. The normalized spacial score (nSPS) is 11.1. The van der Waals surface area contributed by atoms with E-state index in [9.17, 15) is 0 Å². The first-order valence-corrected chi connectivity index (χ1v) is 7.93. The van der Waals surface area contributed by atoms with Crippen molar-refractivity contribution in [3.63, 3.8) is 0 Å². The average Bonchev–Trinajstić information content (AvgIpc) is 3.04. The van der Waals surface area contributed by atoms with Crippen LogP contribution < -0.4 is 4.74 Å². The predicted octanol–water partition coefficient (Wildman–Crippen LogP) is 4.41. The number of halogens is 2. The van der Waals surface area contributed by atoms with Crippen LogP contribution in [0.2, 0.25) is 10.0 Å². The maximum absolute atomic E-state index is 6.33. The Morgan fingerprint density at radius 1 is 1.17 bits per heavy atom. The molecule has 0 radical (unpaired) electrons. The largest absolute Gasteiger partial charge is 0.487 e. The van der Waals surface area contributed by atoms with E-state index in [2.05, 4.69) is 20.4 Å². The second kappa shape index (κ2) is 7.47. The molecule has 3 rings (SSSR count). The molecule has 122 valence electrons. The van der Waals surface area contributed by atoms with Crippen LogP contribution in [-0.2, 0) is 6.61 Å². The number of nitrogens with zero attached hydrogens (tertiary/aromatic N) is 3.